The normalized spacial score (nSPS) is 16.6. The molecule has 2 heterocycles. The fourth-order valence-electron chi connectivity index (χ4n) is 3.08. The van der Waals surface area contributed by atoms with Crippen LogP contribution in [0, 0.1) is 19.3 Å². The lowest BCUT2D eigenvalue weighted by Gasteiger charge is -2.34. The van der Waals surface area contributed by atoms with Gasteiger partial charge >= 0.3 is 0 Å². The van der Waals surface area contributed by atoms with Crippen molar-refractivity contribution in [3.8, 4) is 0 Å². The number of benzene rings is 1. The van der Waals surface area contributed by atoms with Gasteiger partial charge in [-0.15, -0.1) is 11.3 Å². The third-order valence-corrected chi connectivity index (χ3v) is 5.96. The predicted octanol–water partition coefficient (Wildman–Crippen LogP) is 3.04. The lowest BCUT2D eigenvalue weighted by atomic mass is 9.79. The summed E-state index contributed by atoms with van der Waals surface area (Å²) in [6.07, 6.45) is 3.99. The quantitative estimate of drug-likeness (QED) is 0.860. The first-order valence-electron chi connectivity index (χ1n) is 8.62. The topological polar surface area (TPSA) is 77.2 Å². The van der Waals surface area contributed by atoms with Crippen molar-refractivity contribution in [1.29, 1.82) is 0 Å². The molecule has 1 amide bonds. The van der Waals surface area contributed by atoms with Crippen LogP contribution in [-0.2, 0) is 16.0 Å². The fourth-order valence-corrected chi connectivity index (χ4v) is 3.92. The number of carbonyl (C=O) groups is 1. The van der Waals surface area contributed by atoms with Crippen molar-refractivity contribution in [2.24, 2.45) is 11.1 Å². The van der Waals surface area contributed by atoms with Crippen molar-refractivity contribution in [3.05, 3.63) is 46.0 Å². The van der Waals surface area contributed by atoms with Crippen LogP contribution in [0.2, 0.25) is 0 Å². The summed E-state index contributed by atoms with van der Waals surface area (Å²) < 4.78 is 5.37. The number of nitrogens with two attached hydrogens (primary N) is 1. The maximum atomic E-state index is 12.7. The number of nitrogens with one attached hydrogen (secondary N) is 1. The average molecular weight is 359 g/mol. The van der Waals surface area contributed by atoms with E-state index in [9.17, 15) is 4.79 Å². The van der Waals surface area contributed by atoms with Gasteiger partial charge in [-0.05, 0) is 43.4 Å². The summed E-state index contributed by atoms with van der Waals surface area (Å²) >= 11 is 1.52. The molecule has 25 heavy (non-hydrogen) atoms. The molecular formula is C19H25N3O2S. The molecule has 1 aliphatic rings. The first-order valence-corrected chi connectivity index (χ1v) is 9.44. The molecule has 1 saturated heterocycles. The first-order chi connectivity index (χ1) is 12.0. The molecule has 1 fully saturated rings. The van der Waals surface area contributed by atoms with Crippen LogP contribution in [0.5, 0.6) is 0 Å². The second kappa shape index (κ2) is 7.64. The summed E-state index contributed by atoms with van der Waals surface area (Å²) in [5.41, 5.74) is 9.21. The fraction of sp³-hybridized carbons (Fsp3) is 0.474. The molecule has 3 rings (SSSR count). The maximum Gasteiger partial charge on any atom is 0.233 e. The van der Waals surface area contributed by atoms with E-state index in [0.29, 0.717) is 37.7 Å². The number of amides is 1. The van der Waals surface area contributed by atoms with E-state index in [1.54, 1.807) is 0 Å². The van der Waals surface area contributed by atoms with Crippen LogP contribution < -0.4 is 11.1 Å². The average Bonchev–Trinajstić information content (AvgIpc) is 3.05. The molecule has 1 aromatic carbocycles. The zero-order valence-electron chi connectivity index (χ0n) is 14.8. The van der Waals surface area contributed by atoms with Gasteiger partial charge in [0.15, 0.2) is 5.13 Å². The predicted molar refractivity (Wildman–Crippen MR) is 101 cm³/mol. The number of nitrogens with zero attached hydrogens (tertiary/aromatic N) is 1. The van der Waals surface area contributed by atoms with Gasteiger partial charge in [0.05, 0.1) is 5.41 Å². The zero-order chi connectivity index (χ0) is 17.9. The van der Waals surface area contributed by atoms with Crippen molar-refractivity contribution in [2.75, 3.05) is 25.1 Å². The van der Waals surface area contributed by atoms with E-state index in [4.69, 9.17) is 10.5 Å². The molecule has 0 atom stereocenters. The monoisotopic (exact) mass is 359 g/mol. The van der Waals surface area contributed by atoms with Gasteiger partial charge in [0.2, 0.25) is 5.91 Å². The Morgan fingerprint density at radius 3 is 2.76 bits per heavy atom. The molecule has 134 valence electrons. The van der Waals surface area contributed by atoms with Crippen LogP contribution in [-0.4, -0.2) is 30.6 Å². The van der Waals surface area contributed by atoms with E-state index in [0.717, 1.165) is 11.3 Å². The number of hydrogen-bond acceptors (Lipinski definition) is 5. The summed E-state index contributed by atoms with van der Waals surface area (Å²) in [7, 11) is 0. The minimum Gasteiger partial charge on any atom is -0.381 e. The highest BCUT2D eigenvalue weighted by atomic mass is 32.1. The van der Waals surface area contributed by atoms with E-state index in [1.165, 1.54) is 28.0 Å². The van der Waals surface area contributed by atoms with E-state index >= 15 is 0 Å². The molecule has 0 saturated carbocycles. The van der Waals surface area contributed by atoms with Crippen LogP contribution >= 0.6 is 11.3 Å². The van der Waals surface area contributed by atoms with Crippen molar-refractivity contribution in [2.45, 2.75) is 33.1 Å². The van der Waals surface area contributed by atoms with Gasteiger partial charge in [0.1, 0.15) is 0 Å². The van der Waals surface area contributed by atoms with Gasteiger partial charge in [-0.2, -0.15) is 0 Å². The Bertz CT molecular complexity index is 751. The smallest absolute Gasteiger partial charge is 0.233 e. The Balaban J connectivity index is 1.66. The highest BCUT2D eigenvalue weighted by Crippen LogP contribution is 2.32. The largest absolute Gasteiger partial charge is 0.381 e. The molecular weight excluding hydrogens is 334 g/mol. The Hall–Kier alpha value is -1.76. The molecule has 5 nitrogen and oxygen atoms in total. The van der Waals surface area contributed by atoms with Gasteiger partial charge in [-0.25, -0.2) is 4.98 Å². The summed E-state index contributed by atoms with van der Waals surface area (Å²) in [6.45, 7) is 5.74. The number of hydrogen-bond donors (Lipinski definition) is 2. The Labute approximate surface area is 152 Å². The van der Waals surface area contributed by atoms with Gasteiger partial charge in [0, 0.05) is 37.3 Å². The van der Waals surface area contributed by atoms with Crippen molar-refractivity contribution >= 4 is 22.4 Å². The number of rotatable bonds is 5. The molecule has 2 aromatic rings. The Morgan fingerprint density at radius 2 is 2.08 bits per heavy atom. The van der Waals surface area contributed by atoms with Crippen molar-refractivity contribution < 1.29 is 9.53 Å². The van der Waals surface area contributed by atoms with E-state index in [1.807, 2.05) is 6.20 Å². The van der Waals surface area contributed by atoms with E-state index in [-0.39, 0.29) is 5.91 Å². The van der Waals surface area contributed by atoms with Crippen LogP contribution in [0.15, 0.2) is 24.4 Å². The number of anilines is 1. The molecule has 0 bridgehead atoms. The number of ether oxygens (including phenoxy) is 1. The number of carbonyl (C=O) groups excluding carboxylic acids is 1. The highest BCUT2D eigenvalue weighted by molar-refractivity contribution is 7.15. The lowest BCUT2D eigenvalue weighted by molar-refractivity contribution is -0.130. The number of thiazole rings is 1. The zero-order valence-corrected chi connectivity index (χ0v) is 15.6. The number of aryl methyl sites for hydroxylation is 2. The lowest BCUT2D eigenvalue weighted by Crippen LogP contribution is -2.46. The van der Waals surface area contributed by atoms with E-state index < -0.39 is 5.41 Å². The summed E-state index contributed by atoms with van der Waals surface area (Å²) in [4.78, 5) is 18.2. The minimum atomic E-state index is -0.530. The molecule has 0 unspecified atom stereocenters. The molecule has 3 N–H and O–H groups in total. The van der Waals surface area contributed by atoms with Crippen LogP contribution in [0.1, 0.15) is 34.4 Å². The number of aromatic nitrogens is 1. The van der Waals surface area contributed by atoms with Crippen LogP contribution in [0.3, 0.4) is 0 Å². The van der Waals surface area contributed by atoms with Crippen molar-refractivity contribution in [3.63, 3.8) is 0 Å². The highest BCUT2D eigenvalue weighted by Gasteiger charge is 2.39. The summed E-state index contributed by atoms with van der Waals surface area (Å²) in [5, 5.41) is 3.60. The molecule has 6 heteroatoms. The standard InChI is InChI=1S/C19H25N3O2S/c1-13-3-4-15(9-14(13)2)10-16-11-21-18(25-16)22-17(23)19(12-20)5-7-24-8-6-19/h3-4,9,11H,5-8,10,12,20H2,1-2H3,(H,21,22,23). The molecule has 1 aromatic heterocycles. The summed E-state index contributed by atoms with van der Waals surface area (Å²) in [6, 6.07) is 6.50. The van der Waals surface area contributed by atoms with E-state index in [2.05, 4.69) is 42.3 Å². The van der Waals surface area contributed by atoms with Gasteiger partial charge in [0.25, 0.3) is 0 Å². The van der Waals surface area contributed by atoms with Crippen LogP contribution in [0.25, 0.3) is 0 Å². The van der Waals surface area contributed by atoms with Gasteiger partial charge < -0.3 is 15.8 Å². The van der Waals surface area contributed by atoms with Crippen LogP contribution in [0.4, 0.5) is 5.13 Å². The van der Waals surface area contributed by atoms with Gasteiger partial charge in [-0.1, -0.05) is 18.2 Å². The SMILES string of the molecule is Cc1ccc(Cc2cnc(NC(=O)C3(CN)CCOCC3)s2)cc1C. The summed E-state index contributed by atoms with van der Waals surface area (Å²) in [5.74, 6) is -0.0367. The molecule has 0 aliphatic carbocycles. The first kappa shape index (κ1) is 18.0. The maximum absolute atomic E-state index is 12.7. The molecule has 0 spiro atoms. The second-order valence-electron chi connectivity index (χ2n) is 6.78. The Morgan fingerprint density at radius 1 is 1.32 bits per heavy atom. The third-order valence-electron chi connectivity index (χ3n) is 5.05. The Kier molecular flexibility index (Phi) is 5.51. The minimum absolute atomic E-state index is 0.0367. The molecule has 0 radical (unpaired) electrons. The van der Waals surface area contributed by atoms with Gasteiger partial charge in [-0.3, -0.25) is 4.79 Å². The molecule has 1 aliphatic heterocycles. The van der Waals surface area contributed by atoms with Crippen molar-refractivity contribution in [1.82, 2.24) is 4.98 Å². The second-order valence-corrected chi connectivity index (χ2v) is 7.89. The third kappa shape index (κ3) is 4.08.